The molecular weight excluding hydrogens is 155 g/mol. The van der Waals surface area contributed by atoms with E-state index in [1.54, 1.807) is 12.1 Å². The molecule has 0 aromatic heterocycles. The van der Waals surface area contributed by atoms with Gasteiger partial charge in [0.05, 0.1) is 0 Å². The molecule has 1 aliphatic rings. The lowest BCUT2D eigenvalue weighted by Crippen LogP contribution is -2.45. The van der Waals surface area contributed by atoms with Gasteiger partial charge in [0, 0.05) is 0 Å². The summed E-state index contributed by atoms with van der Waals surface area (Å²) in [6.45, 7) is 0. The van der Waals surface area contributed by atoms with Crippen molar-refractivity contribution in [3.05, 3.63) is 35.9 Å². The maximum Gasteiger partial charge on any atom is 0.133 e. The molecule has 1 nitrogen and oxygen atoms in total. The van der Waals surface area contributed by atoms with Gasteiger partial charge in [0.25, 0.3) is 0 Å². The molecule has 64 valence electrons. The minimum atomic E-state index is -1.19. The van der Waals surface area contributed by atoms with Crippen LogP contribution in [0, 0.1) is 0 Å². The molecule has 0 aliphatic heterocycles. The Bertz CT molecular complexity index is 272. The number of halogens is 1. The number of hydrogen-bond donors (Lipinski definition) is 1. The second-order valence-corrected chi connectivity index (χ2v) is 3.30. The fourth-order valence-corrected chi connectivity index (χ4v) is 1.58. The van der Waals surface area contributed by atoms with Crippen molar-refractivity contribution in [3.8, 4) is 0 Å². The summed E-state index contributed by atoms with van der Waals surface area (Å²) in [6, 6.07) is 9.03. The summed E-state index contributed by atoms with van der Waals surface area (Å²) in [5.41, 5.74) is -0.495. The molecule has 2 rings (SSSR count). The van der Waals surface area contributed by atoms with Gasteiger partial charge in [0.2, 0.25) is 0 Å². The Morgan fingerprint density at radius 2 is 2.00 bits per heavy atom. The summed E-state index contributed by atoms with van der Waals surface area (Å²) in [7, 11) is 0. The summed E-state index contributed by atoms with van der Waals surface area (Å²) < 4.78 is 13.0. The highest BCUT2D eigenvalue weighted by molar-refractivity contribution is 5.26. The lowest BCUT2D eigenvalue weighted by atomic mass is 9.73. The molecule has 0 unspecified atom stereocenters. The van der Waals surface area contributed by atoms with Gasteiger partial charge in [-0.05, 0) is 18.4 Å². The second-order valence-electron chi connectivity index (χ2n) is 3.30. The van der Waals surface area contributed by atoms with E-state index in [1.807, 2.05) is 18.2 Å². The van der Waals surface area contributed by atoms with Crippen molar-refractivity contribution in [2.24, 2.45) is 0 Å². The van der Waals surface area contributed by atoms with Crippen LogP contribution >= 0.6 is 0 Å². The number of rotatable bonds is 1. The Morgan fingerprint density at radius 3 is 2.42 bits per heavy atom. The van der Waals surface area contributed by atoms with E-state index in [2.05, 4.69) is 0 Å². The molecule has 1 fully saturated rings. The first-order valence-corrected chi connectivity index (χ1v) is 4.15. The third-order valence-electron chi connectivity index (χ3n) is 2.57. The smallest absolute Gasteiger partial charge is 0.133 e. The van der Waals surface area contributed by atoms with Crippen LogP contribution in [0.15, 0.2) is 30.3 Å². The molecule has 0 spiro atoms. The zero-order valence-corrected chi connectivity index (χ0v) is 6.70. The molecule has 0 amide bonds. The van der Waals surface area contributed by atoms with E-state index in [-0.39, 0.29) is 0 Å². The molecule has 2 heteroatoms. The fourth-order valence-electron chi connectivity index (χ4n) is 1.58. The van der Waals surface area contributed by atoms with Crippen molar-refractivity contribution >= 4 is 0 Å². The van der Waals surface area contributed by atoms with Gasteiger partial charge in [0.15, 0.2) is 0 Å². The van der Waals surface area contributed by atoms with Crippen molar-refractivity contribution in [1.82, 2.24) is 0 Å². The summed E-state index contributed by atoms with van der Waals surface area (Å²) >= 11 is 0. The van der Waals surface area contributed by atoms with Gasteiger partial charge in [-0.2, -0.15) is 0 Å². The van der Waals surface area contributed by atoms with Crippen LogP contribution < -0.4 is 0 Å². The Balaban J connectivity index is 2.31. The van der Waals surface area contributed by atoms with E-state index in [4.69, 9.17) is 0 Å². The highest BCUT2D eigenvalue weighted by Gasteiger charge is 2.46. The monoisotopic (exact) mass is 166 g/mol. The molecular formula is C10H11FO. The first-order valence-electron chi connectivity index (χ1n) is 4.15. The summed E-state index contributed by atoms with van der Waals surface area (Å²) in [5.74, 6) is 0. The summed E-state index contributed by atoms with van der Waals surface area (Å²) in [6.07, 6.45) is -0.0660. The van der Waals surface area contributed by atoms with Gasteiger partial charge in [-0.25, -0.2) is 4.39 Å². The number of hydrogen-bond acceptors (Lipinski definition) is 1. The summed E-state index contributed by atoms with van der Waals surface area (Å²) in [4.78, 5) is 0. The van der Waals surface area contributed by atoms with Gasteiger partial charge in [-0.3, -0.25) is 0 Å². The van der Waals surface area contributed by atoms with E-state index in [1.165, 1.54) is 0 Å². The lowest BCUT2D eigenvalue weighted by molar-refractivity contribution is -0.114. The zero-order valence-electron chi connectivity index (χ0n) is 6.70. The Labute approximate surface area is 70.8 Å². The zero-order chi connectivity index (χ0) is 8.60. The van der Waals surface area contributed by atoms with E-state index >= 15 is 0 Å². The summed E-state index contributed by atoms with van der Waals surface area (Å²) in [5, 5.41) is 9.77. The van der Waals surface area contributed by atoms with E-state index in [0.717, 1.165) is 0 Å². The molecule has 1 N–H and O–H groups in total. The normalized spacial score (nSPS) is 34.3. The maximum atomic E-state index is 13.0. The van der Waals surface area contributed by atoms with Crippen LogP contribution in [0.5, 0.6) is 0 Å². The fraction of sp³-hybridized carbons (Fsp3) is 0.400. The predicted molar refractivity (Wildman–Crippen MR) is 44.5 cm³/mol. The molecule has 12 heavy (non-hydrogen) atoms. The minimum Gasteiger partial charge on any atom is -0.382 e. The Hall–Kier alpha value is -0.890. The molecule has 1 aliphatic carbocycles. The SMILES string of the molecule is O[C@@]1(c2ccccc2)CC[C@H]1F. The lowest BCUT2D eigenvalue weighted by Gasteiger charge is -2.40. The largest absolute Gasteiger partial charge is 0.382 e. The van der Waals surface area contributed by atoms with E-state index < -0.39 is 11.8 Å². The molecule has 1 aromatic rings. The number of aliphatic hydroxyl groups is 1. The van der Waals surface area contributed by atoms with Crippen molar-refractivity contribution in [2.75, 3.05) is 0 Å². The second kappa shape index (κ2) is 2.56. The topological polar surface area (TPSA) is 20.2 Å². The van der Waals surface area contributed by atoms with Gasteiger partial charge in [-0.15, -0.1) is 0 Å². The van der Waals surface area contributed by atoms with Crippen LogP contribution in [0.25, 0.3) is 0 Å². The molecule has 1 aromatic carbocycles. The van der Waals surface area contributed by atoms with E-state index in [0.29, 0.717) is 18.4 Å². The van der Waals surface area contributed by atoms with Crippen LogP contribution in [0.1, 0.15) is 18.4 Å². The van der Waals surface area contributed by atoms with Crippen LogP contribution in [-0.2, 0) is 5.60 Å². The molecule has 0 saturated heterocycles. The average molecular weight is 166 g/mol. The minimum absolute atomic E-state index is 0.478. The molecule has 1 saturated carbocycles. The van der Waals surface area contributed by atoms with Crippen LogP contribution in [0.2, 0.25) is 0 Å². The van der Waals surface area contributed by atoms with Crippen LogP contribution in [0.4, 0.5) is 4.39 Å². The highest BCUT2D eigenvalue weighted by Crippen LogP contribution is 2.43. The average Bonchev–Trinajstić information content (AvgIpc) is 2.16. The quantitative estimate of drug-likeness (QED) is 0.676. The van der Waals surface area contributed by atoms with Crippen molar-refractivity contribution in [3.63, 3.8) is 0 Å². The third kappa shape index (κ3) is 0.950. The standard InChI is InChI=1S/C10H11FO/c11-9-6-7-10(9,12)8-4-2-1-3-5-8/h1-5,9,12H,6-7H2/t9-,10-/m1/s1. The van der Waals surface area contributed by atoms with Gasteiger partial charge in [-0.1, -0.05) is 30.3 Å². The highest BCUT2D eigenvalue weighted by atomic mass is 19.1. The van der Waals surface area contributed by atoms with Crippen molar-refractivity contribution in [1.29, 1.82) is 0 Å². The van der Waals surface area contributed by atoms with Crippen molar-refractivity contribution < 1.29 is 9.50 Å². The maximum absolute atomic E-state index is 13.0. The first kappa shape index (κ1) is 7.74. The predicted octanol–water partition coefficient (Wildman–Crippen LogP) is 2.01. The van der Waals surface area contributed by atoms with Crippen LogP contribution in [-0.4, -0.2) is 11.3 Å². The molecule has 0 heterocycles. The Kier molecular flexibility index (Phi) is 1.65. The Morgan fingerprint density at radius 1 is 1.33 bits per heavy atom. The van der Waals surface area contributed by atoms with Crippen LogP contribution in [0.3, 0.4) is 0 Å². The molecule has 0 bridgehead atoms. The third-order valence-corrected chi connectivity index (χ3v) is 2.57. The first-order chi connectivity index (χ1) is 5.73. The molecule has 0 radical (unpaired) electrons. The van der Waals surface area contributed by atoms with Gasteiger partial charge in [0.1, 0.15) is 11.8 Å². The number of alkyl halides is 1. The molecule has 2 atom stereocenters. The van der Waals surface area contributed by atoms with Gasteiger partial charge < -0.3 is 5.11 Å². The van der Waals surface area contributed by atoms with Gasteiger partial charge >= 0.3 is 0 Å². The van der Waals surface area contributed by atoms with E-state index in [9.17, 15) is 9.50 Å². The van der Waals surface area contributed by atoms with Crippen molar-refractivity contribution in [2.45, 2.75) is 24.6 Å². The number of benzene rings is 1.